The molecule has 0 fully saturated rings. The highest BCUT2D eigenvalue weighted by molar-refractivity contribution is 6.23. The van der Waals surface area contributed by atoms with Crippen LogP contribution in [0, 0.1) is 0 Å². The van der Waals surface area contributed by atoms with E-state index in [1.165, 1.54) is 32.5 Å². The maximum absolute atomic E-state index is 7.12. The number of amidine groups is 2. The average molecular weight is 1460 g/mol. The van der Waals surface area contributed by atoms with Gasteiger partial charge in [-0.1, -0.05) is 322 Å². The summed E-state index contributed by atoms with van der Waals surface area (Å²) in [6.45, 7) is 0. The zero-order valence-corrected chi connectivity index (χ0v) is 61.6. The van der Waals surface area contributed by atoms with Crippen LogP contribution in [0.4, 0.5) is 0 Å². The van der Waals surface area contributed by atoms with E-state index in [2.05, 4.69) is 351 Å². The van der Waals surface area contributed by atoms with E-state index in [-0.39, 0.29) is 0 Å². The largest absolute Gasteiger partial charge is 0.456 e. The van der Waals surface area contributed by atoms with Gasteiger partial charge in [-0.05, 0) is 188 Å². The maximum atomic E-state index is 7.12. The van der Waals surface area contributed by atoms with E-state index in [0.29, 0.717) is 23.3 Å². The van der Waals surface area contributed by atoms with Crippen molar-refractivity contribution in [2.45, 2.75) is 6.17 Å². The predicted octanol–water partition coefficient (Wildman–Crippen LogP) is 27.4. The highest BCUT2D eigenvalue weighted by Crippen LogP contribution is 2.45. The van der Waals surface area contributed by atoms with Crippen molar-refractivity contribution in [1.29, 1.82) is 0 Å². The standard InChI is InChI=1S/C106H66N6O2/c1-3-19-65(20-4-1)83-61-84(63-85(62-83)90-35-16-36-92-99-94(38-18-40-96(99)114-100(90)92)106-111-103(108-104(112-106)82-54-43-66-21-7-8-26-74(66)60-82)73-48-44-70(45-49-73)88-33-14-27-68-22-9-11-31-86(68)88)76-30-13-29-75(57-76)78-52-53-79-58-77(50-51-80(79)59-78)67-41-46-72(47-42-67)102-107-101(71-24-5-2-6-25-71)109-105(110-102)93-37-17-39-95-98(93)91-56-55-81(64-97(91)113-95)89-34-15-28-69-23-10-12-32-87(69)89/h1-64,103H,(H,108,111,112). The van der Waals surface area contributed by atoms with Crippen LogP contribution in [0.25, 0.3) is 199 Å². The summed E-state index contributed by atoms with van der Waals surface area (Å²) in [5, 5.41) is 17.1. The van der Waals surface area contributed by atoms with E-state index >= 15 is 0 Å². The van der Waals surface area contributed by atoms with Gasteiger partial charge >= 0.3 is 0 Å². The molecule has 0 radical (unpaired) electrons. The zero-order valence-electron chi connectivity index (χ0n) is 61.6. The monoisotopic (exact) mass is 1450 g/mol. The summed E-state index contributed by atoms with van der Waals surface area (Å²) >= 11 is 0. The molecular weight excluding hydrogens is 1390 g/mol. The molecule has 114 heavy (non-hydrogen) atoms. The number of hydrogen-bond donors (Lipinski definition) is 1. The van der Waals surface area contributed by atoms with Gasteiger partial charge in [-0.15, -0.1) is 0 Å². The van der Waals surface area contributed by atoms with Crippen molar-refractivity contribution in [3.05, 3.63) is 405 Å². The van der Waals surface area contributed by atoms with Crippen molar-refractivity contribution in [3.8, 4) is 112 Å². The van der Waals surface area contributed by atoms with Crippen molar-refractivity contribution >= 4 is 98.6 Å². The minimum atomic E-state index is -0.436. The molecule has 0 bridgehead atoms. The Kier molecular flexibility index (Phi) is 15.8. The van der Waals surface area contributed by atoms with Crippen molar-refractivity contribution in [2.24, 2.45) is 9.98 Å². The van der Waals surface area contributed by atoms with Crippen LogP contribution in [0.15, 0.2) is 407 Å². The van der Waals surface area contributed by atoms with Crippen LogP contribution in [0.3, 0.4) is 0 Å². The van der Waals surface area contributed by atoms with Gasteiger partial charge in [0.1, 0.15) is 34.3 Å². The summed E-state index contributed by atoms with van der Waals surface area (Å²) in [5.41, 5.74) is 24.2. The first-order valence-corrected chi connectivity index (χ1v) is 38.6. The molecular formula is C106H66N6O2. The fourth-order valence-corrected chi connectivity index (χ4v) is 16.8. The Morgan fingerprint density at radius 3 is 1.39 bits per heavy atom. The molecule has 0 aliphatic carbocycles. The summed E-state index contributed by atoms with van der Waals surface area (Å²) in [5.74, 6) is 3.12. The lowest BCUT2D eigenvalue weighted by molar-refractivity contribution is 0.669. The lowest BCUT2D eigenvalue weighted by Gasteiger charge is -2.24. The lowest BCUT2D eigenvalue weighted by Crippen LogP contribution is -2.33. The van der Waals surface area contributed by atoms with Crippen molar-refractivity contribution in [3.63, 3.8) is 0 Å². The molecule has 22 rings (SSSR count). The average Bonchev–Trinajstić information content (AvgIpc) is 1.58. The van der Waals surface area contributed by atoms with Crippen molar-refractivity contribution < 1.29 is 8.83 Å². The van der Waals surface area contributed by atoms with E-state index in [4.69, 9.17) is 33.8 Å². The third-order valence-electron chi connectivity index (χ3n) is 22.6. The van der Waals surface area contributed by atoms with E-state index < -0.39 is 6.17 Å². The predicted molar refractivity (Wildman–Crippen MR) is 471 cm³/mol. The number of aromatic nitrogens is 3. The van der Waals surface area contributed by atoms with Gasteiger partial charge < -0.3 is 14.2 Å². The van der Waals surface area contributed by atoms with Gasteiger partial charge in [-0.2, -0.15) is 0 Å². The molecule has 0 saturated carbocycles. The number of furan rings is 2. The van der Waals surface area contributed by atoms with Crippen LogP contribution < -0.4 is 5.32 Å². The second kappa shape index (κ2) is 27.4. The molecule has 4 heterocycles. The molecule has 8 nitrogen and oxygen atoms in total. The van der Waals surface area contributed by atoms with Crippen LogP contribution in [0.5, 0.6) is 0 Å². The number of hydrogen-bond acceptors (Lipinski definition) is 8. The molecule has 1 aliphatic heterocycles. The van der Waals surface area contributed by atoms with E-state index in [1.54, 1.807) is 0 Å². The van der Waals surface area contributed by atoms with Gasteiger partial charge in [-0.3, -0.25) is 0 Å². The third-order valence-corrected chi connectivity index (χ3v) is 22.6. The second-order valence-electron chi connectivity index (χ2n) is 29.4. The number of nitrogens with one attached hydrogen (secondary N) is 1. The molecule has 1 unspecified atom stereocenters. The van der Waals surface area contributed by atoms with Crippen molar-refractivity contribution in [2.75, 3.05) is 0 Å². The van der Waals surface area contributed by atoms with Gasteiger partial charge in [0, 0.05) is 54.9 Å². The Morgan fingerprint density at radius 2 is 0.658 bits per heavy atom. The number of benzene rings is 18. The Hall–Kier alpha value is -15.3. The minimum absolute atomic E-state index is 0.436. The van der Waals surface area contributed by atoms with Gasteiger partial charge in [-0.25, -0.2) is 24.9 Å². The number of rotatable bonds is 13. The Balaban J connectivity index is 0.573. The first-order chi connectivity index (χ1) is 56.4. The quantitative estimate of drug-likeness (QED) is 0.123. The molecule has 21 aromatic rings. The summed E-state index contributed by atoms with van der Waals surface area (Å²) in [4.78, 5) is 26.5. The van der Waals surface area contributed by atoms with Gasteiger partial charge in [0.15, 0.2) is 23.3 Å². The van der Waals surface area contributed by atoms with E-state index in [1.807, 2.05) is 42.5 Å². The lowest BCUT2D eigenvalue weighted by atomic mass is 9.91. The molecule has 3 aromatic heterocycles. The fourth-order valence-electron chi connectivity index (χ4n) is 16.8. The van der Waals surface area contributed by atoms with Crippen LogP contribution >= 0.6 is 0 Å². The molecule has 8 heteroatoms. The van der Waals surface area contributed by atoms with E-state index in [0.717, 1.165) is 172 Å². The molecule has 0 amide bonds. The Labute approximate surface area is 656 Å². The molecule has 18 aromatic carbocycles. The van der Waals surface area contributed by atoms with Gasteiger partial charge in [0.05, 0.1) is 0 Å². The van der Waals surface area contributed by atoms with Crippen LogP contribution in [-0.2, 0) is 0 Å². The highest BCUT2D eigenvalue weighted by atomic mass is 16.3. The first-order valence-electron chi connectivity index (χ1n) is 38.6. The molecule has 532 valence electrons. The Morgan fingerprint density at radius 1 is 0.228 bits per heavy atom. The van der Waals surface area contributed by atoms with Crippen LogP contribution in [0.1, 0.15) is 22.9 Å². The molecule has 1 atom stereocenters. The number of para-hydroxylation sites is 1. The summed E-state index contributed by atoms with van der Waals surface area (Å²) in [6.07, 6.45) is -0.436. The summed E-state index contributed by atoms with van der Waals surface area (Å²) in [7, 11) is 0. The number of nitrogens with zero attached hydrogens (tertiary/aromatic N) is 5. The SMILES string of the molecule is c1ccc(-c2cc(-c3cccc(-c4ccc5cc(-c6ccc(-c7nc(-c8ccccc8)nc(-c8cccc9oc%10cc(-c%11cccc%12ccccc%11%12)ccc%10c89)n7)cc6)ccc5c4)c3)cc(-c3cccc4c3oc3cccc(C5=NC(c6ccc(-c7cccc8ccccc78)cc6)NC(c6ccc7ccccc7c6)=N5)c34)c2)cc1. The smallest absolute Gasteiger partial charge is 0.164 e. The third kappa shape index (κ3) is 11.8. The van der Waals surface area contributed by atoms with Gasteiger partial charge in [0.2, 0.25) is 0 Å². The highest BCUT2D eigenvalue weighted by Gasteiger charge is 2.27. The summed E-state index contributed by atoms with van der Waals surface area (Å²) in [6, 6.07) is 138. The van der Waals surface area contributed by atoms with Gasteiger partial charge in [0.25, 0.3) is 0 Å². The second-order valence-corrected chi connectivity index (χ2v) is 29.4. The van der Waals surface area contributed by atoms with Crippen LogP contribution in [0.2, 0.25) is 0 Å². The topological polar surface area (TPSA) is 102 Å². The number of fused-ring (bicyclic) bond motifs is 10. The molecule has 0 spiro atoms. The molecule has 1 aliphatic rings. The zero-order chi connectivity index (χ0) is 75.2. The van der Waals surface area contributed by atoms with Crippen LogP contribution in [-0.4, -0.2) is 26.6 Å². The Bertz CT molecular complexity index is 7500. The summed E-state index contributed by atoms with van der Waals surface area (Å²) < 4.78 is 13.8. The fraction of sp³-hybridized carbons (Fsp3) is 0.00943. The minimum Gasteiger partial charge on any atom is -0.456 e. The molecule has 0 saturated heterocycles. The molecule has 1 N–H and O–H groups in total. The number of aliphatic imine (C=N–C) groups is 2. The normalized spacial score (nSPS) is 13.0. The maximum Gasteiger partial charge on any atom is 0.164 e. The van der Waals surface area contributed by atoms with E-state index in [9.17, 15) is 0 Å². The first kappa shape index (κ1) is 65.8. The van der Waals surface area contributed by atoms with Crippen molar-refractivity contribution in [1.82, 2.24) is 20.3 Å².